The summed E-state index contributed by atoms with van der Waals surface area (Å²) in [5, 5.41) is 7.47. The lowest BCUT2D eigenvalue weighted by Crippen LogP contribution is -2.20. The zero-order chi connectivity index (χ0) is 20.6. The van der Waals surface area contributed by atoms with Gasteiger partial charge in [-0.3, -0.25) is 9.78 Å². The highest BCUT2D eigenvalue weighted by Crippen LogP contribution is 2.34. The highest BCUT2D eigenvalue weighted by Gasteiger charge is 2.31. The number of imidazole rings is 1. The molecule has 0 unspecified atom stereocenters. The fraction of sp³-hybridized carbons (Fsp3) is 0.286. The van der Waals surface area contributed by atoms with Crippen molar-refractivity contribution < 1.29 is 19.4 Å². The molecule has 152 valence electrons. The van der Waals surface area contributed by atoms with Crippen molar-refractivity contribution in [2.24, 2.45) is 5.92 Å². The molecule has 0 saturated carbocycles. The molecule has 1 aliphatic heterocycles. The van der Waals surface area contributed by atoms with Crippen LogP contribution in [0, 0.1) is 5.92 Å². The molecule has 7 nitrogen and oxygen atoms in total. The molecule has 0 radical (unpaired) electrons. The Bertz CT molecular complexity index is 933. The number of carboxylic acid groups (broad SMARTS) is 1. The lowest BCUT2D eigenvalue weighted by molar-refractivity contribution is -0.122. The van der Waals surface area contributed by atoms with Crippen molar-refractivity contribution in [3.8, 4) is 17.1 Å². The summed E-state index contributed by atoms with van der Waals surface area (Å²) >= 11 is 6.30. The molecule has 2 atom stereocenters. The molecular formula is C21H22ClN3O4. The second kappa shape index (κ2) is 10.0. The minimum Gasteiger partial charge on any atom is -0.495 e. The standard InChI is InChI=1S/C20H20ClN3O2.CH2O2/c1-25-19-3-2-15(11-17(19)21)20-23-8-9-24(20)18-13-26-12-16(18)10-14-4-6-22-7-5-14;2-1-3/h2-9,11,16,18H,10,12-13H2,1H3;1H,(H,2,3)/t16-,18+;/m0./s1. The molecule has 1 aliphatic rings. The Hall–Kier alpha value is -2.90. The zero-order valence-corrected chi connectivity index (χ0v) is 16.7. The SMILES string of the molecule is COc1ccc(-c2nccn2[C@@H]2COC[C@@H]2Cc2ccncc2)cc1Cl.O=CO. The second-order valence-electron chi connectivity index (χ2n) is 6.54. The van der Waals surface area contributed by atoms with Gasteiger partial charge in [0.15, 0.2) is 0 Å². The first-order valence-electron chi connectivity index (χ1n) is 9.09. The molecule has 0 aliphatic carbocycles. The van der Waals surface area contributed by atoms with E-state index in [-0.39, 0.29) is 12.5 Å². The van der Waals surface area contributed by atoms with Gasteiger partial charge in [-0.05, 0) is 42.3 Å². The number of nitrogens with zero attached hydrogens (tertiary/aromatic N) is 3. The Balaban J connectivity index is 0.000000755. The van der Waals surface area contributed by atoms with Gasteiger partial charge in [-0.15, -0.1) is 0 Å². The summed E-state index contributed by atoms with van der Waals surface area (Å²) in [6.07, 6.45) is 8.47. The first-order chi connectivity index (χ1) is 14.2. The van der Waals surface area contributed by atoms with E-state index in [1.54, 1.807) is 7.11 Å². The van der Waals surface area contributed by atoms with E-state index in [9.17, 15) is 0 Å². The molecule has 8 heteroatoms. The number of hydrogen-bond acceptors (Lipinski definition) is 5. The number of aromatic nitrogens is 3. The van der Waals surface area contributed by atoms with Gasteiger partial charge in [0.1, 0.15) is 11.6 Å². The van der Waals surface area contributed by atoms with Gasteiger partial charge in [0.2, 0.25) is 0 Å². The van der Waals surface area contributed by atoms with Crippen LogP contribution in [-0.4, -0.2) is 46.4 Å². The third-order valence-electron chi connectivity index (χ3n) is 4.85. The van der Waals surface area contributed by atoms with Crippen molar-refractivity contribution in [2.75, 3.05) is 20.3 Å². The van der Waals surface area contributed by atoms with E-state index in [0.29, 0.717) is 23.3 Å². The summed E-state index contributed by atoms with van der Waals surface area (Å²) in [4.78, 5) is 17.0. The zero-order valence-electron chi connectivity index (χ0n) is 15.9. The van der Waals surface area contributed by atoms with Crippen molar-refractivity contribution >= 4 is 18.1 Å². The number of ether oxygens (including phenoxy) is 2. The summed E-state index contributed by atoms with van der Waals surface area (Å²) in [6.45, 7) is 1.18. The Labute approximate surface area is 173 Å². The van der Waals surface area contributed by atoms with Gasteiger partial charge in [-0.2, -0.15) is 0 Å². The summed E-state index contributed by atoms with van der Waals surface area (Å²) in [5.41, 5.74) is 2.24. The van der Waals surface area contributed by atoms with E-state index in [4.69, 9.17) is 31.0 Å². The lowest BCUT2D eigenvalue weighted by Gasteiger charge is -2.21. The van der Waals surface area contributed by atoms with Crippen LogP contribution in [0.4, 0.5) is 0 Å². The van der Waals surface area contributed by atoms with Crippen LogP contribution >= 0.6 is 11.6 Å². The van der Waals surface area contributed by atoms with Gasteiger partial charge < -0.3 is 19.1 Å². The monoisotopic (exact) mass is 415 g/mol. The normalized spacial score (nSPS) is 18.0. The van der Waals surface area contributed by atoms with Crippen LogP contribution in [0.1, 0.15) is 11.6 Å². The summed E-state index contributed by atoms with van der Waals surface area (Å²) in [7, 11) is 1.61. The van der Waals surface area contributed by atoms with Crippen molar-refractivity contribution in [1.29, 1.82) is 0 Å². The number of hydrogen-bond donors (Lipinski definition) is 1. The second-order valence-corrected chi connectivity index (χ2v) is 6.94. The molecular weight excluding hydrogens is 394 g/mol. The van der Waals surface area contributed by atoms with Crippen LogP contribution in [0.15, 0.2) is 55.1 Å². The van der Waals surface area contributed by atoms with E-state index in [1.807, 2.05) is 43.0 Å². The van der Waals surface area contributed by atoms with E-state index in [0.717, 1.165) is 24.4 Å². The van der Waals surface area contributed by atoms with Crippen LogP contribution in [0.25, 0.3) is 11.4 Å². The van der Waals surface area contributed by atoms with E-state index >= 15 is 0 Å². The maximum Gasteiger partial charge on any atom is 0.290 e. The molecule has 0 spiro atoms. The van der Waals surface area contributed by atoms with Crippen LogP contribution < -0.4 is 4.74 Å². The van der Waals surface area contributed by atoms with Gasteiger partial charge in [0.25, 0.3) is 6.47 Å². The Kier molecular flexibility index (Phi) is 7.21. The van der Waals surface area contributed by atoms with E-state index in [2.05, 4.69) is 26.7 Å². The molecule has 0 bridgehead atoms. The number of benzene rings is 1. The topological polar surface area (TPSA) is 86.5 Å². The minimum absolute atomic E-state index is 0.238. The highest BCUT2D eigenvalue weighted by molar-refractivity contribution is 6.32. The molecule has 1 aromatic carbocycles. The van der Waals surface area contributed by atoms with Gasteiger partial charge in [-0.25, -0.2) is 4.98 Å². The van der Waals surface area contributed by atoms with Crippen LogP contribution in [0.3, 0.4) is 0 Å². The minimum atomic E-state index is -0.250. The number of halogens is 1. The third kappa shape index (κ3) is 4.93. The van der Waals surface area contributed by atoms with Crippen LogP contribution in [-0.2, 0) is 16.0 Å². The molecule has 1 N–H and O–H groups in total. The Morgan fingerprint density at radius 2 is 2.03 bits per heavy atom. The average molecular weight is 416 g/mol. The molecule has 3 heterocycles. The van der Waals surface area contributed by atoms with Crippen molar-refractivity contribution in [3.63, 3.8) is 0 Å². The fourth-order valence-electron chi connectivity index (χ4n) is 3.52. The van der Waals surface area contributed by atoms with E-state index < -0.39 is 0 Å². The average Bonchev–Trinajstić information content (AvgIpc) is 3.38. The maximum atomic E-state index is 8.36. The largest absolute Gasteiger partial charge is 0.495 e. The highest BCUT2D eigenvalue weighted by atomic mass is 35.5. The van der Waals surface area contributed by atoms with Gasteiger partial charge in [0, 0.05) is 36.3 Å². The lowest BCUT2D eigenvalue weighted by atomic mass is 9.95. The molecule has 0 amide bonds. The first kappa shape index (κ1) is 20.8. The number of carbonyl (C=O) groups is 1. The van der Waals surface area contributed by atoms with Crippen molar-refractivity contribution in [2.45, 2.75) is 12.5 Å². The summed E-state index contributed by atoms with van der Waals surface area (Å²) < 4.78 is 13.3. The molecule has 2 aromatic heterocycles. The smallest absolute Gasteiger partial charge is 0.290 e. The molecule has 4 rings (SSSR count). The Morgan fingerprint density at radius 1 is 1.28 bits per heavy atom. The third-order valence-corrected chi connectivity index (χ3v) is 5.14. The van der Waals surface area contributed by atoms with Gasteiger partial charge in [-0.1, -0.05) is 11.6 Å². The predicted molar refractivity (Wildman–Crippen MR) is 109 cm³/mol. The first-order valence-corrected chi connectivity index (χ1v) is 9.47. The molecule has 1 saturated heterocycles. The molecule has 1 fully saturated rings. The van der Waals surface area contributed by atoms with Crippen LogP contribution in [0.5, 0.6) is 5.75 Å². The van der Waals surface area contributed by atoms with Crippen molar-refractivity contribution in [1.82, 2.24) is 14.5 Å². The molecule has 3 aromatic rings. The van der Waals surface area contributed by atoms with Gasteiger partial charge in [0.05, 0.1) is 31.4 Å². The van der Waals surface area contributed by atoms with Crippen LogP contribution in [0.2, 0.25) is 5.02 Å². The quantitative estimate of drug-likeness (QED) is 0.639. The summed E-state index contributed by atoms with van der Waals surface area (Å²) in [5.74, 6) is 1.94. The molecule has 29 heavy (non-hydrogen) atoms. The predicted octanol–water partition coefficient (Wildman–Crippen LogP) is 3.74. The Morgan fingerprint density at radius 3 is 2.72 bits per heavy atom. The number of pyridine rings is 1. The number of rotatable bonds is 5. The summed E-state index contributed by atoms with van der Waals surface area (Å²) in [6, 6.07) is 10.1. The number of methoxy groups -OCH3 is 1. The fourth-order valence-corrected chi connectivity index (χ4v) is 3.78. The van der Waals surface area contributed by atoms with Gasteiger partial charge >= 0.3 is 0 Å². The van der Waals surface area contributed by atoms with E-state index in [1.165, 1.54) is 5.56 Å². The van der Waals surface area contributed by atoms with Crippen molar-refractivity contribution in [3.05, 3.63) is 65.7 Å². The maximum absolute atomic E-state index is 8.36.